The summed E-state index contributed by atoms with van der Waals surface area (Å²) < 4.78 is 41.9. The molecular weight excluding hydrogens is 602 g/mol. The summed E-state index contributed by atoms with van der Waals surface area (Å²) in [7, 11) is -4.02. The van der Waals surface area contributed by atoms with Crippen LogP contribution in [0, 0.1) is 6.92 Å². The first-order chi connectivity index (χ1) is 21.2. The molecule has 5 rings (SSSR count). The largest absolute Gasteiger partial charge is 0.492 e. The molecule has 44 heavy (non-hydrogen) atoms. The van der Waals surface area contributed by atoms with Crippen molar-refractivity contribution in [3.8, 4) is 5.75 Å². The highest BCUT2D eigenvalue weighted by atomic mass is 35.5. The van der Waals surface area contributed by atoms with Crippen LogP contribution in [0.3, 0.4) is 0 Å². The predicted octanol–water partition coefficient (Wildman–Crippen LogP) is 6.32. The quantitative estimate of drug-likeness (QED) is 0.206. The van der Waals surface area contributed by atoms with Gasteiger partial charge in [0, 0.05) is 28.5 Å². The number of likely N-dealkylation sites (tertiary alicyclic amines) is 1. The second-order valence-electron chi connectivity index (χ2n) is 10.9. The van der Waals surface area contributed by atoms with Crippen LogP contribution in [0.15, 0.2) is 78.9 Å². The lowest BCUT2D eigenvalue weighted by Crippen LogP contribution is -2.45. The molecule has 1 aliphatic heterocycles. The third kappa shape index (κ3) is 7.73. The minimum atomic E-state index is -4.02. The molecular formula is C33H36ClN3O6S. The Morgan fingerprint density at radius 3 is 2.48 bits per heavy atom. The maximum Gasteiger partial charge on any atom is 0.410 e. The number of rotatable bonds is 11. The monoisotopic (exact) mass is 637 g/mol. The molecule has 0 bridgehead atoms. The summed E-state index contributed by atoms with van der Waals surface area (Å²) in [4.78, 5) is 28.1. The van der Waals surface area contributed by atoms with Gasteiger partial charge in [0.2, 0.25) is 10.0 Å². The second kappa shape index (κ2) is 14.2. The molecule has 2 amide bonds. The van der Waals surface area contributed by atoms with E-state index in [0.29, 0.717) is 35.8 Å². The minimum absolute atomic E-state index is 0.145. The smallest absolute Gasteiger partial charge is 0.410 e. The first-order valence-corrected chi connectivity index (χ1v) is 16.7. The van der Waals surface area contributed by atoms with Crippen LogP contribution in [0.1, 0.15) is 47.3 Å². The van der Waals surface area contributed by atoms with Gasteiger partial charge in [0.05, 0.1) is 12.3 Å². The van der Waals surface area contributed by atoms with Crippen molar-refractivity contribution in [3.05, 3.63) is 101 Å². The number of piperidine rings is 1. The Labute approximate surface area is 262 Å². The van der Waals surface area contributed by atoms with E-state index in [1.165, 1.54) is 0 Å². The maximum absolute atomic E-state index is 13.6. The number of sulfonamides is 1. The van der Waals surface area contributed by atoms with Gasteiger partial charge >= 0.3 is 6.09 Å². The van der Waals surface area contributed by atoms with Gasteiger partial charge in [0.25, 0.3) is 5.91 Å². The Morgan fingerprint density at radius 1 is 1.00 bits per heavy atom. The number of para-hydroxylation sites is 1. The van der Waals surface area contributed by atoms with Crippen molar-refractivity contribution < 1.29 is 27.5 Å². The molecule has 1 aliphatic rings. The second-order valence-corrected chi connectivity index (χ2v) is 13.1. The fourth-order valence-corrected chi connectivity index (χ4v) is 6.90. The Hall–Kier alpha value is -4.02. The molecule has 1 atom stereocenters. The number of aromatic nitrogens is 1. The van der Waals surface area contributed by atoms with Crippen LogP contribution in [-0.4, -0.2) is 54.8 Å². The van der Waals surface area contributed by atoms with Gasteiger partial charge in [-0.3, -0.25) is 4.79 Å². The molecule has 1 saturated heterocycles. The molecule has 1 fully saturated rings. The molecule has 1 unspecified atom stereocenters. The highest BCUT2D eigenvalue weighted by molar-refractivity contribution is 7.90. The number of amides is 2. The van der Waals surface area contributed by atoms with E-state index < -0.39 is 22.0 Å². The van der Waals surface area contributed by atoms with Crippen molar-refractivity contribution in [2.45, 2.75) is 51.8 Å². The number of carbonyl (C=O) groups is 2. The van der Waals surface area contributed by atoms with Gasteiger partial charge < -0.3 is 18.9 Å². The number of nitrogens with one attached hydrogen (secondary N) is 1. The number of ether oxygens (including phenoxy) is 2. The summed E-state index contributed by atoms with van der Waals surface area (Å²) in [6, 6.07) is 23.7. The molecule has 0 aliphatic carbocycles. The van der Waals surface area contributed by atoms with Gasteiger partial charge in [-0.2, -0.15) is 0 Å². The SMILES string of the molecule is Cc1c(C(=O)NS(=O)(=O)CCC2CCCCN2C(=O)OCc2ccccc2)n(CCOc2ccccc2)c2ccc(Cl)cc12. The van der Waals surface area contributed by atoms with E-state index in [-0.39, 0.29) is 37.1 Å². The topological polar surface area (TPSA) is 107 Å². The van der Waals surface area contributed by atoms with Crippen LogP contribution in [0.4, 0.5) is 4.79 Å². The molecule has 0 radical (unpaired) electrons. The molecule has 1 N–H and O–H groups in total. The maximum atomic E-state index is 13.6. The van der Waals surface area contributed by atoms with Crippen molar-refractivity contribution >= 4 is 44.5 Å². The van der Waals surface area contributed by atoms with E-state index in [2.05, 4.69) is 4.72 Å². The summed E-state index contributed by atoms with van der Waals surface area (Å²) in [5.74, 6) is -0.344. The molecule has 4 aromatic rings. The standard InChI is InChI=1S/C33H36ClN3O6S/c1-24-29-22-26(34)15-16-30(29)37(19-20-42-28-13-6-3-7-14-28)31(24)32(38)35-44(40,41)21-17-27-12-8-9-18-36(27)33(39)43-23-25-10-4-2-5-11-25/h2-7,10-11,13-16,22,27H,8-9,12,17-21,23H2,1H3,(H,35,38). The Bertz CT molecular complexity index is 1710. The molecule has 3 aromatic carbocycles. The Morgan fingerprint density at radius 2 is 1.73 bits per heavy atom. The predicted molar refractivity (Wildman–Crippen MR) is 170 cm³/mol. The van der Waals surface area contributed by atoms with Crippen molar-refractivity contribution in [2.75, 3.05) is 18.9 Å². The molecule has 1 aromatic heterocycles. The summed E-state index contributed by atoms with van der Waals surface area (Å²) in [5, 5.41) is 1.27. The lowest BCUT2D eigenvalue weighted by molar-refractivity contribution is 0.0672. The van der Waals surface area contributed by atoms with Crippen LogP contribution in [0.25, 0.3) is 10.9 Å². The number of aryl methyl sites for hydroxylation is 1. The van der Waals surface area contributed by atoms with Crippen LogP contribution in [0.5, 0.6) is 5.75 Å². The number of halogens is 1. The van der Waals surface area contributed by atoms with Crippen LogP contribution < -0.4 is 9.46 Å². The van der Waals surface area contributed by atoms with Gasteiger partial charge in [-0.25, -0.2) is 17.9 Å². The van der Waals surface area contributed by atoms with E-state index in [1.54, 1.807) is 28.5 Å². The van der Waals surface area contributed by atoms with E-state index >= 15 is 0 Å². The Kier molecular flexibility index (Phi) is 10.1. The lowest BCUT2D eigenvalue weighted by Gasteiger charge is -2.34. The average Bonchev–Trinajstić information content (AvgIpc) is 3.30. The summed E-state index contributed by atoms with van der Waals surface area (Å²) in [5.41, 5.74) is 2.47. The lowest BCUT2D eigenvalue weighted by atomic mass is 10.0. The van der Waals surface area contributed by atoms with Crippen molar-refractivity contribution in [2.24, 2.45) is 0 Å². The zero-order chi connectivity index (χ0) is 31.1. The first-order valence-electron chi connectivity index (χ1n) is 14.7. The average molecular weight is 638 g/mol. The molecule has 232 valence electrons. The van der Waals surface area contributed by atoms with E-state index in [9.17, 15) is 18.0 Å². The highest BCUT2D eigenvalue weighted by Crippen LogP contribution is 2.29. The van der Waals surface area contributed by atoms with Crippen molar-refractivity contribution in [3.63, 3.8) is 0 Å². The van der Waals surface area contributed by atoms with Gasteiger partial charge in [0.15, 0.2) is 0 Å². The summed E-state index contributed by atoms with van der Waals surface area (Å²) in [6.45, 7) is 2.99. The highest BCUT2D eigenvalue weighted by Gasteiger charge is 2.30. The van der Waals surface area contributed by atoms with Crippen molar-refractivity contribution in [1.29, 1.82) is 0 Å². The number of benzene rings is 3. The van der Waals surface area contributed by atoms with Gasteiger partial charge in [-0.15, -0.1) is 0 Å². The normalized spacial score (nSPS) is 15.2. The van der Waals surface area contributed by atoms with E-state index in [4.69, 9.17) is 21.1 Å². The molecule has 0 saturated carbocycles. The first kappa shape index (κ1) is 31.4. The van der Waals surface area contributed by atoms with Gasteiger partial charge in [-0.05, 0) is 74.1 Å². The number of fused-ring (bicyclic) bond motifs is 1. The van der Waals surface area contributed by atoms with Crippen LogP contribution >= 0.6 is 11.6 Å². The van der Waals surface area contributed by atoms with Crippen LogP contribution in [0.2, 0.25) is 5.02 Å². The van der Waals surface area contributed by atoms with Crippen molar-refractivity contribution in [1.82, 2.24) is 14.2 Å². The van der Waals surface area contributed by atoms with Gasteiger partial charge in [0.1, 0.15) is 24.7 Å². The Balaban J connectivity index is 1.26. The van der Waals surface area contributed by atoms with E-state index in [1.807, 2.05) is 66.7 Å². The third-order valence-electron chi connectivity index (χ3n) is 7.86. The zero-order valence-electron chi connectivity index (χ0n) is 24.6. The van der Waals surface area contributed by atoms with Gasteiger partial charge in [-0.1, -0.05) is 60.1 Å². The van der Waals surface area contributed by atoms with Crippen LogP contribution in [-0.2, 0) is 27.9 Å². The number of carbonyl (C=O) groups excluding carboxylic acids is 2. The number of nitrogens with zero attached hydrogens (tertiary/aromatic N) is 2. The van der Waals surface area contributed by atoms with E-state index in [0.717, 1.165) is 29.3 Å². The number of hydrogen-bond donors (Lipinski definition) is 1. The number of hydrogen-bond acceptors (Lipinski definition) is 6. The molecule has 11 heteroatoms. The molecule has 0 spiro atoms. The molecule has 9 nitrogen and oxygen atoms in total. The fourth-order valence-electron chi connectivity index (χ4n) is 5.67. The zero-order valence-corrected chi connectivity index (χ0v) is 26.1. The molecule has 2 heterocycles. The fraction of sp³-hybridized carbons (Fsp3) is 0.333. The summed E-state index contributed by atoms with van der Waals surface area (Å²) >= 11 is 6.26. The third-order valence-corrected chi connectivity index (χ3v) is 9.36. The summed E-state index contributed by atoms with van der Waals surface area (Å²) in [6.07, 6.45) is 2.09. The minimum Gasteiger partial charge on any atom is -0.492 e.